The first-order valence-electron chi connectivity index (χ1n) is 5.48. The Morgan fingerprint density at radius 2 is 2.06 bits per heavy atom. The summed E-state index contributed by atoms with van der Waals surface area (Å²) in [5, 5.41) is 12.6. The molecular weight excluding hydrogens is 234 g/mol. The Morgan fingerprint density at radius 3 is 2.72 bits per heavy atom. The van der Waals surface area contributed by atoms with E-state index >= 15 is 0 Å². The van der Waals surface area contributed by atoms with Gasteiger partial charge < -0.3 is 14.4 Å². The minimum absolute atomic E-state index is 0.0862. The molecule has 18 heavy (non-hydrogen) atoms. The molecule has 0 spiro atoms. The number of nitrogens with zero attached hydrogens (tertiary/aromatic N) is 1. The highest BCUT2D eigenvalue weighted by Crippen LogP contribution is 2.15. The Labute approximate surface area is 104 Å². The highest BCUT2D eigenvalue weighted by atomic mass is 16.5. The van der Waals surface area contributed by atoms with E-state index in [4.69, 9.17) is 14.4 Å². The smallest absolute Gasteiger partial charge is 0.341 e. The summed E-state index contributed by atoms with van der Waals surface area (Å²) in [5.74, 6) is -0.803. The largest absolute Gasteiger partial charge is 0.477 e. The summed E-state index contributed by atoms with van der Waals surface area (Å²) < 4.78 is 10.4. The summed E-state index contributed by atoms with van der Waals surface area (Å²) >= 11 is 0. The van der Waals surface area contributed by atoms with Crippen LogP contribution in [-0.4, -0.2) is 16.2 Å². The predicted molar refractivity (Wildman–Crippen MR) is 63.1 cm³/mol. The van der Waals surface area contributed by atoms with Crippen molar-refractivity contribution in [2.75, 3.05) is 0 Å². The van der Waals surface area contributed by atoms with Crippen LogP contribution >= 0.6 is 0 Å². The van der Waals surface area contributed by atoms with E-state index in [1.54, 1.807) is 6.92 Å². The quantitative estimate of drug-likeness (QED) is 0.878. The first-order chi connectivity index (χ1) is 8.68. The summed E-state index contributed by atoms with van der Waals surface area (Å²) in [7, 11) is 0. The van der Waals surface area contributed by atoms with Crippen LogP contribution in [0.1, 0.15) is 27.4 Å². The zero-order valence-corrected chi connectivity index (χ0v) is 9.92. The molecule has 94 valence electrons. The Kier molecular flexibility index (Phi) is 3.74. The number of hydrogen-bond acceptors (Lipinski definition) is 4. The van der Waals surface area contributed by atoms with Crippen LogP contribution < -0.4 is 0 Å². The molecule has 0 bridgehead atoms. The van der Waals surface area contributed by atoms with E-state index in [0.717, 1.165) is 5.56 Å². The van der Waals surface area contributed by atoms with Crippen molar-refractivity contribution in [3.8, 4) is 0 Å². The number of aromatic nitrogens is 1. The SMILES string of the molecule is Cc1noc(COCc2ccccc2)c1C(=O)O. The van der Waals surface area contributed by atoms with Crippen LogP contribution in [0.4, 0.5) is 0 Å². The van der Waals surface area contributed by atoms with E-state index in [1.165, 1.54) is 0 Å². The van der Waals surface area contributed by atoms with E-state index in [-0.39, 0.29) is 17.9 Å². The van der Waals surface area contributed by atoms with E-state index in [0.29, 0.717) is 12.3 Å². The summed E-state index contributed by atoms with van der Waals surface area (Å²) in [4.78, 5) is 11.0. The van der Waals surface area contributed by atoms with Crippen molar-refractivity contribution in [2.45, 2.75) is 20.1 Å². The number of rotatable bonds is 5. The molecule has 0 amide bonds. The van der Waals surface area contributed by atoms with E-state index in [9.17, 15) is 4.79 Å². The first-order valence-corrected chi connectivity index (χ1v) is 5.48. The van der Waals surface area contributed by atoms with Crippen molar-refractivity contribution in [1.82, 2.24) is 5.16 Å². The van der Waals surface area contributed by atoms with Gasteiger partial charge in [-0.3, -0.25) is 0 Å². The van der Waals surface area contributed by atoms with Crippen molar-refractivity contribution < 1.29 is 19.2 Å². The Balaban J connectivity index is 1.97. The highest BCUT2D eigenvalue weighted by molar-refractivity contribution is 5.89. The molecule has 5 heteroatoms. The molecule has 0 aliphatic heterocycles. The lowest BCUT2D eigenvalue weighted by atomic mass is 10.2. The molecule has 0 saturated carbocycles. The average Bonchev–Trinajstić information content (AvgIpc) is 2.72. The van der Waals surface area contributed by atoms with Gasteiger partial charge in [-0.05, 0) is 12.5 Å². The van der Waals surface area contributed by atoms with Gasteiger partial charge in [0.2, 0.25) is 0 Å². The third kappa shape index (κ3) is 2.75. The van der Waals surface area contributed by atoms with Gasteiger partial charge in [0.15, 0.2) is 5.76 Å². The molecule has 2 rings (SSSR count). The average molecular weight is 247 g/mol. The van der Waals surface area contributed by atoms with Crippen LogP contribution in [0.3, 0.4) is 0 Å². The Morgan fingerprint density at radius 1 is 1.33 bits per heavy atom. The topological polar surface area (TPSA) is 72.6 Å². The second-order valence-corrected chi connectivity index (χ2v) is 3.85. The Hall–Kier alpha value is -2.14. The number of benzene rings is 1. The number of ether oxygens (including phenoxy) is 1. The van der Waals surface area contributed by atoms with Gasteiger partial charge in [-0.15, -0.1) is 0 Å². The molecule has 1 heterocycles. The maximum absolute atomic E-state index is 11.0. The molecule has 0 radical (unpaired) electrons. The second-order valence-electron chi connectivity index (χ2n) is 3.85. The fourth-order valence-electron chi connectivity index (χ4n) is 1.62. The third-order valence-corrected chi connectivity index (χ3v) is 2.49. The maximum Gasteiger partial charge on any atom is 0.341 e. The van der Waals surface area contributed by atoms with Crippen molar-refractivity contribution in [1.29, 1.82) is 0 Å². The number of carbonyl (C=O) groups is 1. The second kappa shape index (κ2) is 5.46. The van der Waals surface area contributed by atoms with Crippen LogP contribution in [0.15, 0.2) is 34.9 Å². The third-order valence-electron chi connectivity index (χ3n) is 2.49. The molecular formula is C13H13NO4. The molecule has 1 N–H and O–H groups in total. The van der Waals surface area contributed by atoms with Gasteiger partial charge in [0, 0.05) is 0 Å². The van der Waals surface area contributed by atoms with E-state index in [2.05, 4.69) is 5.16 Å². The number of aryl methyl sites for hydroxylation is 1. The summed E-state index contributed by atoms with van der Waals surface area (Å²) in [5.41, 5.74) is 1.47. The monoisotopic (exact) mass is 247 g/mol. The van der Waals surface area contributed by atoms with Crippen LogP contribution in [-0.2, 0) is 18.0 Å². The zero-order chi connectivity index (χ0) is 13.0. The van der Waals surface area contributed by atoms with Crippen LogP contribution in [0.2, 0.25) is 0 Å². The van der Waals surface area contributed by atoms with Crippen molar-refractivity contribution in [3.05, 3.63) is 52.9 Å². The van der Waals surface area contributed by atoms with E-state index < -0.39 is 5.97 Å². The fourth-order valence-corrected chi connectivity index (χ4v) is 1.62. The molecule has 0 aliphatic carbocycles. The molecule has 5 nitrogen and oxygen atoms in total. The standard InChI is InChI=1S/C13H13NO4/c1-9-12(13(15)16)11(18-14-9)8-17-7-10-5-3-2-4-6-10/h2-6H,7-8H2,1H3,(H,15,16). The number of hydrogen-bond donors (Lipinski definition) is 1. The highest BCUT2D eigenvalue weighted by Gasteiger charge is 2.19. The van der Waals surface area contributed by atoms with Crippen LogP contribution in [0.5, 0.6) is 0 Å². The first kappa shape index (κ1) is 12.3. The van der Waals surface area contributed by atoms with Crippen LogP contribution in [0, 0.1) is 6.92 Å². The van der Waals surface area contributed by atoms with Gasteiger partial charge in [0.05, 0.1) is 12.3 Å². The van der Waals surface area contributed by atoms with Gasteiger partial charge >= 0.3 is 5.97 Å². The van der Waals surface area contributed by atoms with Crippen LogP contribution in [0.25, 0.3) is 0 Å². The molecule has 0 aliphatic rings. The van der Waals surface area contributed by atoms with Gasteiger partial charge in [-0.2, -0.15) is 0 Å². The summed E-state index contributed by atoms with van der Waals surface area (Å²) in [6, 6.07) is 9.62. The maximum atomic E-state index is 11.0. The van der Waals surface area contributed by atoms with Gasteiger partial charge in [0.25, 0.3) is 0 Å². The van der Waals surface area contributed by atoms with Gasteiger partial charge in [-0.25, -0.2) is 4.79 Å². The minimum atomic E-state index is -1.05. The molecule has 0 unspecified atom stereocenters. The number of aromatic carboxylic acids is 1. The lowest BCUT2D eigenvalue weighted by Crippen LogP contribution is -2.03. The van der Waals surface area contributed by atoms with Gasteiger partial charge in [0.1, 0.15) is 12.2 Å². The molecule has 2 aromatic rings. The number of carboxylic acid groups (broad SMARTS) is 1. The fraction of sp³-hybridized carbons (Fsp3) is 0.231. The van der Waals surface area contributed by atoms with E-state index in [1.807, 2.05) is 30.3 Å². The van der Waals surface area contributed by atoms with Crippen molar-refractivity contribution in [3.63, 3.8) is 0 Å². The molecule has 0 saturated heterocycles. The predicted octanol–water partition coefficient (Wildman–Crippen LogP) is 2.40. The molecule has 1 aromatic heterocycles. The molecule has 1 aromatic carbocycles. The molecule has 0 atom stereocenters. The normalized spacial score (nSPS) is 10.5. The Bertz CT molecular complexity index is 533. The summed E-state index contributed by atoms with van der Waals surface area (Å²) in [6.45, 7) is 2.09. The lowest BCUT2D eigenvalue weighted by molar-refractivity contribution is 0.0667. The van der Waals surface area contributed by atoms with Gasteiger partial charge in [-0.1, -0.05) is 35.5 Å². The lowest BCUT2D eigenvalue weighted by Gasteiger charge is -2.02. The minimum Gasteiger partial charge on any atom is -0.477 e. The molecule has 0 fully saturated rings. The number of carboxylic acids is 1. The van der Waals surface area contributed by atoms with Crippen molar-refractivity contribution in [2.24, 2.45) is 0 Å². The summed E-state index contributed by atoms with van der Waals surface area (Å²) in [6.07, 6.45) is 0. The zero-order valence-electron chi connectivity index (χ0n) is 9.92. The van der Waals surface area contributed by atoms with Crippen molar-refractivity contribution >= 4 is 5.97 Å².